The van der Waals surface area contributed by atoms with Crippen molar-refractivity contribution in [2.75, 3.05) is 18.0 Å². The highest BCUT2D eigenvalue weighted by molar-refractivity contribution is 7.99. The lowest BCUT2D eigenvalue weighted by atomic mass is 10.4. The summed E-state index contributed by atoms with van der Waals surface area (Å²) in [6.07, 6.45) is 1.79. The van der Waals surface area contributed by atoms with Crippen molar-refractivity contribution in [1.82, 2.24) is 9.88 Å². The van der Waals surface area contributed by atoms with Gasteiger partial charge in [-0.2, -0.15) is 0 Å². The molecule has 4 nitrogen and oxygen atoms in total. The number of hydrogen-bond donors (Lipinski definition) is 2. The third-order valence-electron chi connectivity index (χ3n) is 2.89. The molecule has 1 amide bonds. The van der Waals surface area contributed by atoms with Gasteiger partial charge in [0.1, 0.15) is 5.69 Å². The van der Waals surface area contributed by atoms with Crippen molar-refractivity contribution in [3.05, 3.63) is 48.3 Å². The Morgan fingerprint density at radius 3 is 2.80 bits per heavy atom. The first-order chi connectivity index (χ1) is 9.70. The van der Waals surface area contributed by atoms with Gasteiger partial charge in [0.25, 0.3) is 5.91 Å². The summed E-state index contributed by atoms with van der Waals surface area (Å²) in [6.45, 7) is 3.35. The van der Waals surface area contributed by atoms with Gasteiger partial charge in [-0.1, -0.05) is 18.2 Å². The van der Waals surface area contributed by atoms with Gasteiger partial charge in [0, 0.05) is 29.9 Å². The predicted molar refractivity (Wildman–Crippen MR) is 84.0 cm³/mol. The van der Waals surface area contributed by atoms with Gasteiger partial charge >= 0.3 is 0 Å². The number of amides is 1. The summed E-state index contributed by atoms with van der Waals surface area (Å²) >= 11 is 1.73. The molecule has 1 heterocycles. The number of nitrogens with one attached hydrogen (secondary N) is 1. The van der Waals surface area contributed by atoms with Crippen molar-refractivity contribution in [3.63, 3.8) is 0 Å². The maximum atomic E-state index is 12.1. The lowest BCUT2D eigenvalue weighted by Crippen LogP contribution is -2.27. The number of benzene rings is 1. The molecule has 20 heavy (non-hydrogen) atoms. The second-order valence-corrected chi connectivity index (χ2v) is 5.53. The normalized spacial score (nSPS) is 10.4. The Bertz CT molecular complexity index is 566. The first-order valence-electron chi connectivity index (χ1n) is 6.62. The largest absolute Gasteiger partial charge is 0.397 e. The van der Waals surface area contributed by atoms with Gasteiger partial charge < -0.3 is 15.6 Å². The molecule has 106 valence electrons. The lowest BCUT2D eigenvalue weighted by Gasteiger charge is -2.07. The van der Waals surface area contributed by atoms with E-state index in [-0.39, 0.29) is 5.91 Å². The molecule has 0 saturated heterocycles. The molecule has 2 aromatic rings. The summed E-state index contributed by atoms with van der Waals surface area (Å²) in [7, 11) is 0. The maximum absolute atomic E-state index is 12.1. The van der Waals surface area contributed by atoms with E-state index in [9.17, 15) is 4.79 Å². The van der Waals surface area contributed by atoms with E-state index < -0.39 is 0 Å². The minimum absolute atomic E-state index is 0.0720. The molecule has 0 radical (unpaired) electrons. The van der Waals surface area contributed by atoms with Crippen molar-refractivity contribution in [2.45, 2.75) is 18.4 Å². The second-order valence-electron chi connectivity index (χ2n) is 4.36. The summed E-state index contributed by atoms with van der Waals surface area (Å²) in [5.41, 5.74) is 6.96. The zero-order valence-electron chi connectivity index (χ0n) is 11.5. The molecule has 0 unspecified atom stereocenters. The van der Waals surface area contributed by atoms with Crippen LogP contribution in [0.2, 0.25) is 0 Å². The molecule has 1 aromatic carbocycles. The van der Waals surface area contributed by atoms with Gasteiger partial charge in [-0.3, -0.25) is 4.79 Å². The van der Waals surface area contributed by atoms with Crippen molar-refractivity contribution >= 4 is 23.4 Å². The molecule has 1 aromatic heterocycles. The maximum Gasteiger partial charge on any atom is 0.268 e. The Morgan fingerprint density at radius 2 is 2.10 bits per heavy atom. The number of nitrogens with two attached hydrogens (primary N) is 1. The number of anilines is 1. The highest BCUT2D eigenvalue weighted by Crippen LogP contribution is 2.16. The van der Waals surface area contributed by atoms with E-state index in [2.05, 4.69) is 17.4 Å². The number of rotatable bonds is 6. The molecule has 0 bridgehead atoms. The number of thioether (sulfide) groups is 1. The van der Waals surface area contributed by atoms with Crippen molar-refractivity contribution in [1.29, 1.82) is 0 Å². The molecule has 0 aliphatic carbocycles. The van der Waals surface area contributed by atoms with E-state index in [0.29, 0.717) is 17.9 Å². The molecule has 5 heteroatoms. The zero-order valence-corrected chi connectivity index (χ0v) is 12.3. The number of carbonyl (C=O) groups is 1. The Balaban J connectivity index is 1.80. The van der Waals surface area contributed by atoms with E-state index in [1.807, 2.05) is 29.7 Å². The summed E-state index contributed by atoms with van der Waals surface area (Å²) in [5, 5.41) is 2.92. The first kappa shape index (κ1) is 14.5. The van der Waals surface area contributed by atoms with Crippen molar-refractivity contribution in [3.8, 4) is 0 Å². The highest BCUT2D eigenvalue weighted by Gasteiger charge is 2.11. The molecule has 0 spiro atoms. The van der Waals surface area contributed by atoms with Gasteiger partial charge in [-0.05, 0) is 25.1 Å². The standard InChI is InChI=1S/C15H19N3OS/c1-2-18-11-12(16)10-14(18)15(19)17-8-9-20-13-6-4-3-5-7-13/h3-7,10-11H,2,8-9,16H2,1H3,(H,17,19). The van der Waals surface area contributed by atoms with Gasteiger partial charge in [-0.25, -0.2) is 0 Å². The summed E-state index contributed by atoms with van der Waals surface area (Å²) < 4.78 is 1.86. The third kappa shape index (κ3) is 3.81. The Hall–Kier alpha value is -1.88. The molecule has 2 rings (SSSR count). The van der Waals surface area contributed by atoms with Crippen LogP contribution in [0, 0.1) is 0 Å². The van der Waals surface area contributed by atoms with Gasteiger partial charge in [0.15, 0.2) is 0 Å². The van der Waals surface area contributed by atoms with E-state index in [1.165, 1.54) is 4.90 Å². The molecule has 3 N–H and O–H groups in total. The van der Waals surface area contributed by atoms with E-state index >= 15 is 0 Å². The van der Waals surface area contributed by atoms with Gasteiger partial charge in [-0.15, -0.1) is 11.8 Å². The van der Waals surface area contributed by atoms with Crippen LogP contribution in [0.5, 0.6) is 0 Å². The van der Waals surface area contributed by atoms with E-state index in [4.69, 9.17) is 5.73 Å². The quantitative estimate of drug-likeness (QED) is 0.635. The number of hydrogen-bond acceptors (Lipinski definition) is 3. The minimum Gasteiger partial charge on any atom is -0.397 e. The molecule has 0 fully saturated rings. The van der Waals surface area contributed by atoms with Crippen LogP contribution in [0.3, 0.4) is 0 Å². The van der Waals surface area contributed by atoms with Crippen LogP contribution in [-0.4, -0.2) is 22.8 Å². The summed E-state index contributed by atoms with van der Waals surface area (Å²) in [5.74, 6) is 0.773. The van der Waals surface area contributed by atoms with Crippen LogP contribution in [0.4, 0.5) is 5.69 Å². The summed E-state index contributed by atoms with van der Waals surface area (Å²) in [6, 6.07) is 11.9. The predicted octanol–water partition coefficient (Wildman–Crippen LogP) is 2.61. The lowest BCUT2D eigenvalue weighted by molar-refractivity contribution is 0.0947. The molecule has 0 aliphatic rings. The molecule has 0 aliphatic heterocycles. The average Bonchev–Trinajstić information content (AvgIpc) is 2.86. The number of aromatic nitrogens is 1. The summed E-state index contributed by atoms with van der Waals surface area (Å²) in [4.78, 5) is 13.3. The number of nitrogens with zero attached hydrogens (tertiary/aromatic N) is 1. The smallest absolute Gasteiger partial charge is 0.268 e. The second kappa shape index (κ2) is 7.05. The molecule has 0 saturated carbocycles. The fourth-order valence-electron chi connectivity index (χ4n) is 1.93. The average molecular weight is 289 g/mol. The van der Waals surface area contributed by atoms with Crippen LogP contribution in [-0.2, 0) is 6.54 Å². The Kier molecular flexibility index (Phi) is 5.12. The number of nitrogen functional groups attached to an aromatic ring is 1. The molecular weight excluding hydrogens is 270 g/mol. The fourth-order valence-corrected chi connectivity index (χ4v) is 2.72. The van der Waals surface area contributed by atoms with Gasteiger partial charge in [0.05, 0.1) is 5.69 Å². The van der Waals surface area contributed by atoms with Crippen LogP contribution in [0.25, 0.3) is 0 Å². The number of carbonyl (C=O) groups excluding carboxylic acids is 1. The topological polar surface area (TPSA) is 60.0 Å². The molecular formula is C15H19N3OS. The molecule has 0 atom stereocenters. The monoisotopic (exact) mass is 289 g/mol. The van der Waals surface area contributed by atoms with Crippen LogP contribution in [0.15, 0.2) is 47.5 Å². The Labute approximate surface area is 123 Å². The fraction of sp³-hybridized carbons (Fsp3) is 0.267. The van der Waals surface area contributed by atoms with E-state index in [1.54, 1.807) is 24.0 Å². The highest BCUT2D eigenvalue weighted by atomic mass is 32.2. The SMILES string of the molecule is CCn1cc(N)cc1C(=O)NCCSc1ccccc1. The van der Waals surface area contributed by atoms with Crippen molar-refractivity contribution < 1.29 is 4.79 Å². The van der Waals surface area contributed by atoms with Crippen LogP contribution >= 0.6 is 11.8 Å². The number of aryl methyl sites for hydroxylation is 1. The third-order valence-corrected chi connectivity index (χ3v) is 3.90. The first-order valence-corrected chi connectivity index (χ1v) is 7.61. The van der Waals surface area contributed by atoms with E-state index in [0.717, 1.165) is 12.3 Å². The van der Waals surface area contributed by atoms with Crippen LogP contribution < -0.4 is 11.1 Å². The van der Waals surface area contributed by atoms with Crippen molar-refractivity contribution in [2.24, 2.45) is 0 Å². The van der Waals surface area contributed by atoms with Gasteiger partial charge in [0.2, 0.25) is 0 Å². The zero-order chi connectivity index (χ0) is 14.4. The minimum atomic E-state index is -0.0720. The van der Waals surface area contributed by atoms with Crippen LogP contribution in [0.1, 0.15) is 17.4 Å². The Morgan fingerprint density at radius 1 is 1.35 bits per heavy atom.